The molecular formula is C23H22ClNO6S. The van der Waals surface area contributed by atoms with E-state index in [4.69, 9.17) is 20.8 Å². The summed E-state index contributed by atoms with van der Waals surface area (Å²) in [6, 6.07) is 8.91. The molecule has 3 aromatic rings. The molecular weight excluding hydrogens is 454 g/mol. The van der Waals surface area contributed by atoms with E-state index in [1.165, 1.54) is 28.6 Å². The number of carbonyl (C=O) groups is 1. The number of ether oxygens (including phenoxy) is 1. The predicted octanol–water partition coefficient (Wildman–Crippen LogP) is 4.20. The van der Waals surface area contributed by atoms with E-state index in [0.717, 1.165) is 24.0 Å². The van der Waals surface area contributed by atoms with Crippen LogP contribution in [0.3, 0.4) is 0 Å². The zero-order chi connectivity index (χ0) is 23.0. The van der Waals surface area contributed by atoms with Crippen molar-refractivity contribution in [3.63, 3.8) is 0 Å². The van der Waals surface area contributed by atoms with Crippen LogP contribution in [0.1, 0.15) is 39.9 Å². The van der Waals surface area contributed by atoms with Crippen molar-refractivity contribution >= 4 is 38.6 Å². The quantitative estimate of drug-likeness (QED) is 0.405. The van der Waals surface area contributed by atoms with Crippen LogP contribution in [0.15, 0.2) is 50.5 Å². The maximum Gasteiger partial charge on any atom is 0.340 e. The number of rotatable bonds is 5. The molecule has 0 atom stereocenters. The topological polar surface area (TPSA) is 93.9 Å². The fourth-order valence-corrected chi connectivity index (χ4v) is 5.46. The van der Waals surface area contributed by atoms with Crippen molar-refractivity contribution in [1.82, 2.24) is 4.31 Å². The van der Waals surface area contributed by atoms with Crippen molar-refractivity contribution in [3.8, 4) is 0 Å². The Bertz CT molecular complexity index is 1370. The molecule has 168 valence electrons. The fourth-order valence-electron chi connectivity index (χ4n) is 3.72. The lowest BCUT2D eigenvalue weighted by molar-refractivity contribution is 0.0473. The van der Waals surface area contributed by atoms with Gasteiger partial charge in [-0.05, 0) is 68.1 Å². The summed E-state index contributed by atoms with van der Waals surface area (Å²) in [6.45, 7) is 4.55. The van der Waals surface area contributed by atoms with Crippen LogP contribution in [0.4, 0.5) is 0 Å². The van der Waals surface area contributed by atoms with E-state index >= 15 is 0 Å². The van der Waals surface area contributed by atoms with Crippen LogP contribution in [-0.2, 0) is 21.4 Å². The maximum atomic E-state index is 12.8. The van der Waals surface area contributed by atoms with Crippen molar-refractivity contribution in [3.05, 3.63) is 74.1 Å². The number of benzene rings is 2. The Kier molecular flexibility index (Phi) is 6.11. The SMILES string of the molecule is Cc1cc2oc(=O)cc(COC(=O)c3cc(S(=O)(=O)N4CCCC4)ccc3Cl)c2cc1C. The van der Waals surface area contributed by atoms with Gasteiger partial charge in [0.15, 0.2) is 0 Å². The van der Waals surface area contributed by atoms with E-state index in [1.54, 1.807) is 6.07 Å². The van der Waals surface area contributed by atoms with Crippen LogP contribution < -0.4 is 5.63 Å². The lowest BCUT2D eigenvalue weighted by Crippen LogP contribution is -2.28. The molecule has 7 nitrogen and oxygen atoms in total. The molecule has 1 aliphatic rings. The van der Waals surface area contributed by atoms with E-state index < -0.39 is 21.6 Å². The first kappa shape index (κ1) is 22.5. The molecule has 1 aromatic heterocycles. The lowest BCUT2D eigenvalue weighted by Gasteiger charge is -2.16. The lowest BCUT2D eigenvalue weighted by atomic mass is 10.0. The highest BCUT2D eigenvalue weighted by Crippen LogP contribution is 2.27. The number of halogens is 1. The predicted molar refractivity (Wildman–Crippen MR) is 121 cm³/mol. The van der Waals surface area contributed by atoms with Gasteiger partial charge in [0.25, 0.3) is 0 Å². The minimum atomic E-state index is -3.71. The van der Waals surface area contributed by atoms with Gasteiger partial charge in [-0.15, -0.1) is 0 Å². The number of hydrogen-bond acceptors (Lipinski definition) is 6. The number of hydrogen-bond donors (Lipinski definition) is 0. The van der Waals surface area contributed by atoms with Crippen LogP contribution in [0.2, 0.25) is 5.02 Å². The van der Waals surface area contributed by atoms with E-state index in [1.807, 2.05) is 19.9 Å². The molecule has 2 heterocycles. The van der Waals surface area contributed by atoms with Crippen LogP contribution in [0.5, 0.6) is 0 Å². The molecule has 1 fully saturated rings. The molecule has 32 heavy (non-hydrogen) atoms. The molecule has 1 aliphatic heterocycles. The third-order valence-electron chi connectivity index (χ3n) is 5.66. The fraction of sp³-hybridized carbons (Fsp3) is 0.304. The zero-order valence-electron chi connectivity index (χ0n) is 17.7. The number of esters is 1. The third-order valence-corrected chi connectivity index (χ3v) is 7.89. The Labute approximate surface area is 190 Å². The van der Waals surface area contributed by atoms with E-state index in [9.17, 15) is 18.0 Å². The van der Waals surface area contributed by atoms with Gasteiger partial charge in [-0.3, -0.25) is 0 Å². The van der Waals surface area contributed by atoms with Crippen molar-refractivity contribution in [2.75, 3.05) is 13.1 Å². The number of fused-ring (bicyclic) bond motifs is 1. The molecule has 1 saturated heterocycles. The van der Waals surface area contributed by atoms with Crippen molar-refractivity contribution in [1.29, 1.82) is 0 Å². The number of nitrogens with zero attached hydrogens (tertiary/aromatic N) is 1. The monoisotopic (exact) mass is 475 g/mol. The average molecular weight is 476 g/mol. The third kappa shape index (κ3) is 4.30. The van der Waals surface area contributed by atoms with E-state index in [2.05, 4.69) is 0 Å². The second-order valence-electron chi connectivity index (χ2n) is 7.85. The van der Waals surface area contributed by atoms with Crippen LogP contribution >= 0.6 is 11.6 Å². The van der Waals surface area contributed by atoms with Gasteiger partial charge in [-0.1, -0.05) is 11.6 Å². The molecule has 0 saturated carbocycles. The first-order valence-electron chi connectivity index (χ1n) is 10.2. The molecule has 0 amide bonds. The Morgan fingerprint density at radius 2 is 1.78 bits per heavy atom. The Hall–Kier alpha value is -2.68. The summed E-state index contributed by atoms with van der Waals surface area (Å²) in [5.41, 5.74) is 2.27. The molecule has 4 rings (SSSR count). The average Bonchev–Trinajstić information content (AvgIpc) is 3.29. The van der Waals surface area contributed by atoms with Gasteiger partial charge >= 0.3 is 11.6 Å². The summed E-state index contributed by atoms with van der Waals surface area (Å²) in [7, 11) is -3.71. The largest absolute Gasteiger partial charge is 0.457 e. The number of aryl methyl sites for hydroxylation is 2. The van der Waals surface area contributed by atoms with Crippen molar-refractivity contribution < 1.29 is 22.4 Å². The Morgan fingerprint density at radius 3 is 2.50 bits per heavy atom. The van der Waals surface area contributed by atoms with Gasteiger partial charge < -0.3 is 9.15 Å². The van der Waals surface area contributed by atoms with Gasteiger partial charge in [-0.2, -0.15) is 4.31 Å². The van der Waals surface area contributed by atoms with E-state index in [0.29, 0.717) is 29.6 Å². The smallest absolute Gasteiger partial charge is 0.340 e. The molecule has 0 aliphatic carbocycles. The Morgan fingerprint density at radius 1 is 1.09 bits per heavy atom. The summed E-state index contributed by atoms with van der Waals surface area (Å²) in [5.74, 6) is -0.779. The molecule has 0 N–H and O–H groups in total. The second kappa shape index (κ2) is 8.69. The first-order valence-corrected chi connectivity index (χ1v) is 12.0. The summed E-state index contributed by atoms with van der Waals surface area (Å²) >= 11 is 6.17. The van der Waals surface area contributed by atoms with Gasteiger partial charge in [0, 0.05) is 30.1 Å². The number of carbonyl (C=O) groups excluding carboxylic acids is 1. The summed E-state index contributed by atoms with van der Waals surface area (Å²) in [6.07, 6.45) is 1.61. The second-order valence-corrected chi connectivity index (χ2v) is 10.2. The summed E-state index contributed by atoms with van der Waals surface area (Å²) in [5, 5.41) is 0.747. The maximum absolute atomic E-state index is 12.8. The minimum Gasteiger partial charge on any atom is -0.457 e. The molecule has 9 heteroatoms. The first-order chi connectivity index (χ1) is 15.2. The van der Waals surface area contributed by atoms with E-state index in [-0.39, 0.29) is 22.1 Å². The van der Waals surface area contributed by atoms with Gasteiger partial charge in [0.2, 0.25) is 10.0 Å². The van der Waals surface area contributed by atoms with Gasteiger partial charge in [0.1, 0.15) is 12.2 Å². The summed E-state index contributed by atoms with van der Waals surface area (Å²) in [4.78, 5) is 24.7. The van der Waals surface area contributed by atoms with Crippen LogP contribution in [0, 0.1) is 13.8 Å². The molecule has 2 aromatic carbocycles. The standard InChI is InChI=1S/C23H22ClNO6S/c1-14-9-18-16(11-22(26)31-21(18)10-15(14)2)13-30-23(27)19-12-17(5-6-20(19)24)32(28,29)25-7-3-4-8-25/h5-6,9-12H,3-4,7-8,13H2,1-2H3. The molecule has 0 bridgehead atoms. The molecule has 0 spiro atoms. The van der Waals surface area contributed by atoms with Crippen LogP contribution in [-0.4, -0.2) is 31.8 Å². The zero-order valence-corrected chi connectivity index (χ0v) is 19.3. The van der Waals surface area contributed by atoms with Gasteiger partial charge in [-0.25, -0.2) is 18.0 Å². The number of sulfonamides is 1. The molecule has 0 radical (unpaired) electrons. The van der Waals surface area contributed by atoms with Crippen molar-refractivity contribution in [2.45, 2.75) is 38.2 Å². The Balaban J connectivity index is 1.61. The van der Waals surface area contributed by atoms with Crippen LogP contribution in [0.25, 0.3) is 11.0 Å². The summed E-state index contributed by atoms with van der Waals surface area (Å²) < 4.78 is 37.7. The highest BCUT2D eigenvalue weighted by Gasteiger charge is 2.28. The highest BCUT2D eigenvalue weighted by molar-refractivity contribution is 7.89. The normalized spacial score (nSPS) is 14.7. The van der Waals surface area contributed by atoms with Crippen molar-refractivity contribution in [2.24, 2.45) is 0 Å². The van der Waals surface area contributed by atoms with Gasteiger partial charge in [0.05, 0.1) is 15.5 Å². The minimum absolute atomic E-state index is 0.00680. The highest BCUT2D eigenvalue weighted by atomic mass is 35.5. The molecule has 0 unspecified atom stereocenters.